The average molecular weight is 450 g/mol. The molecule has 0 aliphatic carbocycles. The van der Waals surface area contributed by atoms with Gasteiger partial charge in [0.2, 0.25) is 0 Å². The first-order valence-electron chi connectivity index (χ1n) is 10.7. The number of hydrogen-bond donors (Lipinski definition) is 2. The van der Waals surface area contributed by atoms with Crippen LogP contribution in [0.3, 0.4) is 0 Å². The minimum Gasteiger partial charge on any atom is -0.352 e. The van der Waals surface area contributed by atoms with E-state index in [9.17, 15) is 8.78 Å². The Hall–Kier alpha value is -3.66. The summed E-state index contributed by atoms with van der Waals surface area (Å²) < 4.78 is 29.3. The van der Waals surface area contributed by atoms with Crippen LogP contribution in [0.2, 0.25) is 0 Å². The lowest BCUT2D eigenvalue weighted by molar-refractivity contribution is 0.151. The number of imidazole rings is 1. The number of nitrogens with zero attached hydrogens (tertiary/aromatic N) is 6. The maximum absolute atomic E-state index is 13.7. The molecule has 0 radical (unpaired) electrons. The molecule has 1 fully saturated rings. The lowest BCUT2D eigenvalue weighted by Crippen LogP contribution is -2.31. The Kier molecular flexibility index (Phi) is 5.37. The number of pyridine rings is 1. The van der Waals surface area contributed by atoms with Crippen molar-refractivity contribution in [1.82, 2.24) is 24.7 Å². The molecule has 0 spiro atoms. The number of anilines is 3. The van der Waals surface area contributed by atoms with Gasteiger partial charge in [-0.15, -0.1) is 5.10 Å². The molecule has 1 aromatic carbocycles. The summed E-state index contributed by atoms with van der Waals surface area (Å²) >= 11 is 0. The maximum Gasteiger partial charge on any atom is 0.267 e. The summed E-state index contributed by atoms with van der Waals surface area (Å²) in [5.41, 5.74) is 9.18. The molecule has 4 heterocycles. The molecule has 1 saturated heterocycles. The van der Waals surface area contributed by atoms with Gasteiger partial charge >= 0.3 is 0 Å². The van der Waals surface area contributed by atoms with E-state index in [1.165, 1.54) is 6.07 Å². The van der Waals surface area contributed by atoms with Crippen molar-refractivity contribution < 1.29 is 8.78 Å². The molecule has 0 saturated carbocycles. The highest BCUT2D eigenvalue weighted by molar-refractivity contribution is 5.82. The fraction of sp³-hybridized carbons (Fsp3) is 0.304. The molecule has 3 aromatic heterocycles. The number of alkyl halides is 2. The van der Waals surface area contributed by atoms with Crippen LogP contribution < -0.4 is 16.0 Å². The molecule has 0 unspecified atom stereocenters. The number of rotatable bonds is 5. The summed E-state index contributed by atoms with van der Waals surface area (Å²) in [5.74, 6) is 1.43. The number of aromatic nitrogens is 5. The third-order valence-corrected chi connectivity index (χ3v) is 5.87. The van der Waals surface area contributed by atoms with Crippen molar-refractivity contribution in [2.45, 2.75) is 38.8 Å². The maximum atomic E-state index is 13.7. The van der Waals surface area contributed by atoms with E-state index in [4.69, 9.17) is 5.73 Å². The fourth-order valence-corrected chi connectivity index (χ4v) is 4.24. The molecule has 0 amide bonds. The standard InChI is InChI=1S/C23H24F2N8/c1-13-3-7-20(31-30-13)28-16-4-6-19-18(10-16)27-12-33(19)21-8-5-17(22(24)25)23(29-21)32-11-15(26)9-14(32)2/h3-8,10,12,14-15,22H,9,11,26H2,1-2H3,(H,28,31)/t14-,15+/m0/s1. The minimum atomic E-state index is -2.62. The fourth-order valence-electron chi connectivity index (χ4n) is 4.24. The lowest BCUT2D eigenvalue weighted by atomic mass is 10.2. The van der Waals surface area contributed by atoms with E-state index in [-0.39, 0.29) is 23.5 Å². The van der Waals surface area contributed by atoms with E-state index < -0.39 is 6.43 Å². The zero-order valence-electron chi connectivity index (χ0n) is 18.3. The predicted molar refractivity (Wildman–Crippen MR) is 123 cm³/mol. The quantitative estimate of drug-likeness (QED) is 0.472. The van der Waals surface area contributed by atoms with E-state index >= 15 is 0 Å². The molecule has 1 aliphatic heterocycles. The van der Waals surface area contributed by atoms with Crippen LogP contribution in [0.25, 0.3) is 16.9 Å². The molecule has 0 bridgehead atoms. The normalized spacial score (nSPS) is 18.4. The summed E-state index contributed by atoms with van der Waals surface area (Å²) in [5, 5.41) is 11.4. The SMILES string of the molecule is Cc1ccc(Nc2ccc3c(c2)ncn3-c2ccc(C(F)F)c(N3C[C@H](N)C[C@@H]3C)n2)nn1. The van der Waals surface area contributed by atoms with Crippen molar-refractivity contribution in [1.29, 1.82) is 0 Å². The summed E-state index contributed by atoms with van der Waals surface area (Å²) in [6.07, 6.45) is -0.236. The first kappa shape index (κ1) is 21.2. The van der Waals surface area contributed by atoms with Gasteiger partial charge < -0.3 is 16.0 Å². The monoisotopic (exact) mass is 450 g/mol. The van der Waals surface area contributed by atoms with Crippen LogP contribution in [0.5, 0.6) is 0 Å². The van der Waals surface area contributed by atoms with Crippen molar-refractivity contribution in [2.75, 3.05) is 16.8 Å². The van der Waals surface area contributed by atoms with E-state index in [1.807, 2.05) is 49.1 Å². The zero-order chi connectivity index (χ0) is 23.1. The molecule has 170 valence electrons. The van der Waals surface area contributed by atoms with Crippen LogP contribution in [0.1, 0.15) is 31.0 Å². The second-order valence-corrected chi connectivity index (χ2v) is 8.38. The number of hydrogen-bond acceptors (Lipinski definition) is 7. The van der Waals surface area contributed by atoms with Gasteiger partial charge in [-0.1, -0.05) is 0 Å². The Morgan fingerprint density at radius 2 is 1.97 bits per heavy atom. The number of nitrogens with two attached hydrogens (primary N) is 1. The number of halogens is 2. The third-order valence-electron chi connectivity index (χ3n) is 5.87. The topological polar surface area (TPSA) is 97.8 Å². The third kappa shape index (κ3) is 4.09. The molecule has 4 aromatic rings. The Morgan fingerprint density at radius 1 is 1.12 bits per heavy atom. The number of benzene rings is 1. The smallest absolute Gasteiger partial charge is 0.267 e. The number of nitrogens with one attached hydrogen (secondary N) is 1. The lowest BCUT2D eigenvalue weighted by Gasteiger charge is -2.25. The second-order valence-electron chi connectivity index (χ2n) is 8.38. The summed E-state index contributed by atoms with van der Waals surface area (Å²) in [6, 6.07) is 12.4. The van der Waals surface area contributed by atoms with Gasteiger partial charge in [0, 0.05) is 24.3 Å². The Balaban J connectivity index is 1.50. The van der Waals surface area contributed by atoms with Crippen LogP contribution in [-0.2, 0) is 0 Å². The predicted octanol–water partition coefficient (Wildman–Crippen LogP) is 4.13. The van der Waals surface area contributed by atoms with Crippen molar-refractivity contribution in [2.24, 2.45) is 5.73 Å². The average Bonchev–Trinajstić information content (AvgIpc) is 3.36. The molecular weight excluding hydrogens is 426 g/mol. The van der Waals surface area contributed by atoms with Crippen molar-refractivity contribution >= 4 is 28.4 Å². The summed E-state index contributed by atoms with van der Waals surface area (Å²) in [7, 11) is 0. The highest BCUT2D eigenvalue weighted by Gasteiger charge is 2.31. The van der Waals surface area contributed by atoms with Crippen molar-refractivity contribution in [3.05, 3.63) is 60.0 Å². The van der Waals surface area contributed by atoms with E-state index in [0.29, 0.717) is 18.2 Å². The molecule has 10 heteroatoms. The van der Waals surface area contributed by atoms with Crippen LogP contribution in [-0.4, -0.2) is 43.4 Å². The zero-order valence-corrected chi connectivity index (χ0v) is 18.3. The second kappa shape index (κ2) is 8.36. The van der Waals surface area contributed by atoms with E-state index in [0.717, 1.165) is 28.8 Å². The van der Waals surface area contributed by atoms with Crippen LogP contribution in [0, 0.1) is 6.92 Å². The molecular formula is C23H24F2N8. The molecule has 3 N–H and O–H groups in total. The van der Waals surface area contributed by atoms with Gasteiger partial charge in [-0.05, 0) is 62.7 Å². The van der Waals surface area contributed by atoms with Crippen LogP contribution in [0.15, 0.2) is 48.8 Å². The van der Waals surface area contributed by atoms with Gasteiger partial charge in [0.05, 0.1) is 22.3 Å². The van der Waals surface area contributed by atoms with Gasteiger partial charge in [0.15, 0.2) is 5.82 Å². The molecule has 1 aliphatic rings. The first-order valence-corrected chi connectivity index (χ1v) is 10.7. The number of fused-ring (bicyclic) bond motifs is 1. The summed E-state index contributed by atoms with van der Waals surface area (Å²) in [4.78, 5) is 11.0. The van der Waals surface area contributed by atoms with Crippen molar-refractivity contribution in [3.63, 3.8) is 0 Å². The van der Waals surface area contributed by atoms with E-state index in [2.05, 4.69) is 25.5 Å². The van der Waals surface area contributed by atoms with Crippen molar-refractivity contribution in [3.8, 4) is 5.82 Å². The minimum absolute atomic E-state index is 0.0401. The van der Waals surface area contributed by atoms with Gasteiger partial charge in [-0.25, -0.2) is 18.7 Å². The van der Waals surface area contributed by atoms with E-state index in [1.54, 1.807) is 17.0 Å². The Bertz CT molecular complexity index is 1290. The van der Waals surface area contributed by atoms with Crippen LogP contribution >= 0.6 is 0 Å². The highest BCUT2D eigenvalue weighted by Crippen LogP contribution is 2.34. The Morgan fingerprint density at radius 3 is 2.67 bits per heavy atom. The molecule has 2 atom stereocenters. The first-order chi connectivity index (χ1) is 15.9. The summed E-state index contributed by atoms with van der Waals surface area (Å²) in [6.45, 7) is 4.36. The van der Waals surface area contributed by atoms with Gasteiger partial charge in [0.1, 0.15) is 18.0 Å². The van der Waals surface area contributed by atoms with Gasteiger partial charge in [-0.3, -0.25) is 4.57 Å². The van der Waals surface area contributed by atoms with Crippen LogP contribution in [0.4, 0.5) is 26.1 Å². The highest BCUT2D eigenvalue weighted by atomic mass is 19.3. The molecule has 8 nitrogen and oxygen atoms in total. The number of aryl methyl sites for hydroxylation is 1. The van der Waals surface area contributed by atoms with Gasteiger partial charge in [-0.2, -0.15) is 5.10 Å². The van der Waals surface area contributed by atoms with Gasteiger partial charge in [0.25, 0.3) is 6.43 Å². The largest absolute Gasteiger partial charge is 0.352 e. The Labute approximate surface area is 189 Å². The molecule has 5 rings (SSSR count). The molecule has 33 heavy (non-hydrogen) atoms.